The average molecular weight is 382 g/mol. The molecule has 1 aromatic heterocycles. The van der Waals surface area contributed by atoms with Crippen molar-refractivity contribution >= 4 is 55.7 Å². The highest BCUT2D eigenvalue weighted by atomic mass is 79.9. The van der Waals surface area contributed by atoms with Crippen LogP contribution in [0.2, 0.25) is 10.0 Å². The Hall–Kier alpha value is -1.29. The van der Waals surface area contributed by atoms with E-state index in [2.05, 4.69) is 32.3 Å². The van der Waals surface area contributed by atoms with Gasteiger partial charge in [-0.2, -0.15) is 0 Å². The van der Waals surface area contributed by atoms with Gasteiger partial charge in [0.1, 0.15) is 0 Å². The van der Waals surface area contributed by atoms with E-state index in [9.17, 15) is 0 Å². The number of aromatic nitrogens is 1. The van der Waals surface area contributed by atoms with Crippen molar-refractivity contribution in [2.24, 2.45) is 0 Å². The smallest absolute Gasteiger partial charge is 0.0722 e. The van der Waals surface area contributed by atoms with Gasteiger partial charge in [0.2, 0.25) is 0 Å². The zero-order chi connectivity index (χ0) is 14.8. The molecule has 2 aromatic carbocycles. The van der Waals surface area contributed by atoms with Crippen LogP contribution in [0.4, 0.5) is 5.69 Å². The summed E-state index contributed by atoms with van der Waals surface area (Å²) in [6.45, 7) is 0.645. The Bertz CT molecular complexity index is 782. The van der Waals surface area contributed by atoms with E-state index < -0.39 is 0 Å². The van der Waals surface area contributed by atoms with Gasteiger partial charge in [0.05, 0.1) is 21.2 Å². The first-order valence-electron chi connectivity index (χ1n) is 6.35. The summed E-state index contributed by atoms with van der Waals surface area (Å²) in [7, 11) is 0. The Labute approximate surface area is 141 Å². The third-order valence-electron chi connectivity index (χ3n) is 3.14. The fourth-order valence-corrected chi connectivity index (χ4v) is 3.48. The number of pyridine rings is 1. The first kappa shape index (κ1) is 14.6. The summed E-state index contributed by atoms with van der Waals surface area (Å²) in [5.74, 6) is 0. The number of anilines is 1. The number of halogens is 3. The average Bonchev–Trinajstić information content (AvgIpc) is 2.46. The second-order valence-corrected chi connectivity index (χ2v) is 6.36. The van der Waals surface area contributed by atoms with Gasteiger partial charge in [-0.05, 0) is 35.9 Å². The quantitative estimate of drug-likeness (QED) is 0.609. The maximum atomic E-state index is 6.21. The van der Waals surface area contributed by atoms with Crippen LogP contribution in [0.1, 0.15) is 5.56 Å². The van der Waals surface area contributed by atoms with E-state index in [1.807, 2.05) is 36.4 Å². The molecule has 0 saturated carbocycles. The lowest BCUT2D eigenvalue weighted by molar-refractivity contribution is 1.15. The molecule has 5 heteroatoms. The Kier molecular flexibility index (Phi) is 4.34. The molecule has 0 spiro atoms. The standard InChI is InChI=1S/C16H11BrCl2N2/c17-12-7-13(18)16(14(19)8-12)21-9-10-3-4-15-11(6-10)2-1-5-20-15/h1-8,21H,9H2. The molecule has 21 heavy (non-hydrogen) atoms. The van der Waals surface area contributed by atoms with Gasteiger partial charge >= 0.3 is 0 Å². The molecule has 0 amide bonds. The van der Waals surface area contributed by atoms with E-state index in [0.29, 0.717) is 16.6 Å². The van der Waals surface area contributed by atoms with Gasteiger partial charge in [0, 0.05) is 22.6 Å². The van der Waals surface area contributed by atoms with Gasteiger partial charge < -0.3 is 5.32 Å². The van der Waals surface area contributed by atoms with Crippen LogP contribution in [-0.4, -0.2) is 4.98 Å². The second-order valence-electron chi connectivity index (χ2n) is 4.63. The van der Waals surface area contributed by atoms with Gasteiger partial charge in [-0.3, -0.25) is 4.98 Å². The highest BCUT2D eigenvalue weighted by Crippen LogP contribution is 2.34. The van der Waals surface area contributed by atoms with Crippen LogP contribution in [0.15, 0.2) is 53.1 Å². The number of nitrogens with one attached hydrogen (secondary N) is 1. The Balaban J connectivity index is 1.83. The summed E-state index contributed by atoms with van der Waals surface area (Å²) in [5.41, 5.74) is 2.87. The topological polar surface area (TPSA) is 24.9 Å². The molecule has 106 valence electrons. The molecule has 0 aliphatic carbocycles. The van der Waals surface area contributed by atoms with Crippen LogP contribution in [-0.2, 0) is 6.54 Å². The fourth-order valence-electron chi connectivity index (χ4n) is 2.14. The predicted molar refractivity (Wildman–Crippen MR) is 93.2 cm³/mol. The third-order valence-corrected chi connectivity index (χ3v) is 4.20. The minimum Gasteiger partial charge on any atom is -0.379 e. The first-order chi connectivity index (χ1) is 10.1. The van der Waals surface area contributed by atoms with Crippen molar-refractivity contribution in [3.8, 4) is 0 Å². The normalized spacial score (nSPS) is 10.8. The number of rotatable bonds is 3. The van der Waals surface area contributed by atoms with E-state index >= 15 is 0 Å². The van der Waals surface area contributed by atoms with Crippen LogP contribution in [0, 0.1) is 0 Å². The predicted octanol–water partition coefficient (Wildman–Crippen LogP) is 5.92. The number of fused-ring (bicyclic) bond motifs is 1. The molecule has 0 aliphatic rings. The van der Waals surface area contributed by atoms with Crippen molar-refractivity contribution in [2.75, 3.05) is 5.32 Å². The van der Waals surface area contributed by atoms with Gasteiger partial charge in [0.25, 0.3) is 0 Å². The first-order valence-corrected chi connectivity index (χ1v) is 7.90. The van der Waals surface area contributed by atoms with E-state index in [4.69, 9.17) is 23.2 Å². The Morgan fingerprint density at radius 2 is 1.81 bits per heavy atom. The molecule has 3 aromatic rings. The molecular weight excluding hydrogens is 371 g/mol. The maximum Gasteiger partial charge on any atom is 0.0722 e. The summed E-state index contributed by atoms with van der Waals surface area (Å²) in [6.07, 6.45) is 1.79. The molecule has 2 nitrogen and oxygen atoms in total. The van der Waals surface area contributed by atoms with Crippen LogP contribution in [0.25, 0.3) is 10.9 Å². The summed E-state index contributed by atoms with van der Waals surface area (Å²) < 4.78 is 0.861. The third kappa shape index (κ3) is 3.31. The molecule has 0 radical (unpaired) electrons. The summed E-state index contributed by atoms with van der Waals surface area (Å²) >= 11 is 15.8. The molecule has 1 N–H and O–H groups in total. The van der Waals surface area contributed by atoms with E-state index in [1.54, 1.807) is 6.20 Å². The lowest BCUT2D eigenvalue weighted by Crippen LogP contribution is -2.00. The SMILES string of the molecule is Clc1cc(Br)cc(Cl)c1NCc1ccc2ncccc2c1. The van der Waals surface area contributed by atoms with Crippen molar-refractivity contribution in [1.82, 2.24) is 4.98 Å². The minimum atomic E-state index is 0.594. The zero-order valence-corrected chi connectivity index (χ0v) is 14.0. The molecule has 0 atom stereocenters. The minimum absolute atomic E-state index is 0.594. The van der Waals surface area contributed by atoms with Crippen molar-refractivity contribution in [3.63, 3.8) is 0 Å². The van der Waals surface area contributed by atoms with Crippen LogP contribution in [0.3, 0.4) is 0 Å². The summed E-state index contributed by atoms with van der Waals surface area (Å²) in [5, 5.41) is 5.59. The van der Waals surface area contributed by atoms with Crippen molar-refractivity contribution in [1.29, 1.82) is 0 Å². The highest BCUT2D eigenvalue weighted by Gasteiger charge is 2.07. The van der Waals surface area contributed by atoms with Crippen molar-refractivity contribution in [2.45, 2.75) is 6.54 Å². The van der Waals surface area contributed by atoms with Crippen LogP contribution in [0.5, 0.6) is 0 Å². The maximum absolute atomic E-state index is 6.21. The number of benzene rings is 2. The van der Waals surface area contributed by atoms with Gasteiger partial charge in [0.15, 0.2) is 0 Å². The molecule has 0 saturated heterocycles. The number of hydrogen-bond acceptors (Lipinski definition) is 2. The van der Waals surface area contributed by atoms with Gasteiger partial charge in [-0.15, -0.1) is 0 Å². The summed E-state index contributed by atoms with van der Waals surface area (Å²) in [6, 6.07) is 13.8. The summed E-state index contributed by atoms with van der Waals surface area (Å²) in [4.78, 5) is 4.31. The Morgan fingerprint density at radius 3 is 2.57 bits per heavy atom. The van der Waals surface area contributed by atoms with Crippen molar-refractivity contribution < 1.29 is 0 Å². The lowest BCUT2D eigenvalue weighted by Gasteiger charge is -2.11. The molecule has 0 fully saturated rings. The van der Waals surface area contributed by atoms with E-state index in [0.717, 1.165) is 26.6 Å². The number of hydrogen-bond donors (Lipinski definition) is 1. The molecule has 3 rings (SSSR count). The Morgan fingerprint density at radius 1 is 1.05 bits per heavy atom. The van der Waals surface area contributed by atoms with Gasteiger partial charge in [-0.25, -0.2) is 0 Å². The van der Waals surface area contributed by atoms with Crippen LogP contribution < -0.4 is 5.32 Å². The largest absolute Gasteiger partial charge is 0.379 e. The molecule has 1 heterocycles. The molecular formula is C16H11BrCl2N2. The van der Waals surface area contributed by atoms with E-state index in [1.165, 1.54) is 0 Å². The molecule has 0 bridgehead atoms. The monoisotopic (exact) mass is 380 g/mol. The molecule has 0 aliphatic heterocycles. The lowest BCUT2D eigenvalue weighted by atomic mass is 10.1. The molecule has 0 unspecified atom stereocenters. The number of nitrogens with zero attached hydrogens (tertiary/aromatic N) is 1. The van der Waals surface area contributed by atoms with Crippen molar-refractivity contribution in [3.05, 3.63) is 68.7 Å². The zero-order valence-electron chi connectivity index (χ0n) is 10.9. The highest BCUT2D eigenvalue weighted by molar-refractivity contribution is 9.10. The van der Waals surface area contributed by atoms with Crippen LogP contribution >= 0.6 is 39.1 Å². The van der Waals surface area contributed by atoms with E-state index in [-0.39, 0.29) is 0 Å². The second kappa shape index (κ2) is 6.22. The fraction of sp³-hybridized carbons (Fsp3) is 0.0625. The van der Waals surface area contributed by atoms with Gasteiger partial charge in [-0.1, -0.05) is 51.3 Å².